The van der Waals surface area contributed by atoms with Crippen LogP contribution in [0, 0.1) is 0 Å². The van der Waals surface area contributed by atoms with E-state index in [-0.39, 0.29) is 11.7 Å². The van der Waals surface area contributed by atoms with Crippen molar-refractivity contribution < 1.29 is 14.3 Å². The third kappa shape index (κ3) is 5.02. The third-order valence-corrected chi connectivity index (χ3v) is 9.84. The van der Waals surface area contributed by atoms with Crippen LogP contribution in [0.5, 0.6) is 5.88 Å². The molecular formula is C37H39N5O3. The van der Waals surface area contributed by atoms with Crippen molar-refractivity contribution in [2.24, 2.45) is 14.1 Å². The van der Waals surface area contributed by atoms with Gasteiger partial charge < -0.3 is 19.2 Å². The third-order valence-electron chi connectivity index (χ3n) is 9.84. The first kappa shape index (κ1) is 29.0. The van der Waals surface area contributed by atoms with Crippen molar-refractivity contribution in [1.29, 1.82) is 0 Å². The number of aryl methyl sites for hydroxylation is 2. The minimum Gasteiger partial charge on any atom is -0.481 e. The molecule has 3 heterocycles. The van der Waals surface area contributed by atoms with Crippen LogP contribution in [0.2, 0.25) is 0 Å². The van der Waals surface area contributed by atoms with E-state index >= 15 is 0 Å². The molecule has 2 aliphatic carbocycles. The number of nitrogens with zero attached hydrogens (tertiary/aromatic N) is 4. The van der Waals surface area contributed by atoms with E-state index in [1.54, 1.807) is 13.2 Å². The number of imidazole rings is 1. The number of fused-ring (bicyclic) bond motifs is 2. The van der Waals surface area contributed by atoms with Gasteiger partial charge in [0.15, 0.2) is 5.78 Å². The molecule has 2 fully saturated rings. The SMILES string of the molecule is COc1cccc(-c2c(C3CCCC3)c3ccc(C(=O)NC4(c5nc6cc(/C=C/C(C)=O)ccc6n5C)CCC4)cc3n2C)n1. The normalized spacial score (nSPS) is 16.4. The molecule has 8 heteroatoms. The summed E-state index contributed by atoms with van der Waals surface area (Å²) in [6.07, 6.45) is 10.8. The summed E-state index contributed by atoms with van der Waals surface area (Å²) in [6.45, 7) is 1.54. The Morgan fingerprint density at radius 3 is 2.47 bits per heavy atom. The molecule has 1 amide bonds. The lowest BCUT2D eigenvalue weighted by atomic mass is 9.75. The maximum atomic E-state index is 14.0. The van der Waals surface area contributed by atoms with E-state index in [2.05, 4.69) is 27.6 Å². The van der Waals surface area contributed by atoms with Crippen LogP contribution in [0.25, 0.3) is 39.4 Å². The van der Waals surface area contributed by atoms with Crippen LogP contribution in [-0.4, -0.2) is 37.9 Å². The van der Waals surface area contributed by atoms with Gasteiger partial charge in [-0.1, -0.05) is 37.1 Å². The second-order valence-electron chi connectivity index (χ2n) is 12.7. The van der Waals surface area contributed by atoms with Crippen molar-refractivity contribution in [3.05, 3.63) is 83.2 Å². The van der Waals surface area contributed by atoms with Gasteiger partial charge >= 0.3 is 0 Å². The van der Waals surface area contributed by atoms with Gasteiger partial charge in [-0.05, 0) is 92.5 Å². The molecule has 2 saturated carbocycles. The number of allylic oxidation sites excluding steroid dienone is 1. The molecule has 2 aliphatic rings. The number of carbonyl (C=O) groups is 2. The molecule has 45 heavy (non-hydrogen) atoms. The maximum absolute atomic E-state index is 14.0. The predicted molar refractivity (Wildman–Crippen MR) is 177 cm³/mol. The van der Waals surface area contributed by atoms with Crippen molar-refractivity contribution in [1.82, 2.24) is 24.4 Å². The number of nitrogens with one attached hydrogen (secondary N) is 1. The van der Waals surface area contributed by atoms with Crippen molar-refractivity contribution in [3.8, 4) is 17.3 Å². The molecule has 7 rings (SSSR count). The number of rotatable bonds is 8. The lowest BCUT2D eigenvalue weighted by molar-refractivity contribution is -0.112. The largest absolute Gasteiger partial charge is 0.481 e. The van der Waals surface area contributed by atoms with Crippen molar-refractivity contribution in [2.75, 3.05) is 7.11 Å². The van der Waals surface area contributed by atoms with Crippen molar-refractivity contribution in [2.45, 2.75) is 63.3 Å². The predicted octanol–water partition coefficient (Wildman–Crippen LogP) is 7.20. The summed E-state index contributed by atoms with van der Waals surface area (Å²) in [7, 11) is 5.73. The van der Waals surface area contributed by atoms with Gasteiger partial charge in [0.2, 0.25) is 5.88 Å². The summed E-state index contributed by atoms with van der Waals surface area (Å²) < 4.78 is 9.75. The van der Waals surface area contributed by atoms with Gasteiger partial charge in [-0.2, -0.15) is 0 Å². The van der Waals surface area contributed by atoms with Crippen molar-refractivity contribution >= 4 is 39.7 Å². The first-order valence-corrected chi connectivity index (χ1v) is 15.9. The molecule has 8 nitrogen and oxygen atoms in total. The summed E-state index contributed by atoms with van der Waals surface area (Å²) in [6, 6.07) is 18.0. The molecule has 0 saturated heterocycles. The fourth-order valence-electron chi connectivity index (χ4n) is 7.39. The summed E-state index contributed by atoms with van der Waals surface area (Å²) in [5, 5.41) is 4.59. The Labute approximate surface area is 263 Å². The topological polar surface area (TPSA) is 91.0 Å². The minimum absolute atomic E-state index is 0.00409. The zero-order valence-electron chi connectivity index (χ0n) is 26.4. The Bertz CT molecular complexity index is 1990. The van der Waals surface area contributed by atoms with Gasteiger partial charge in [0.25, 0.3) is 5.91 Å². The van der Waals surface area contributed by atoms with Crippen LogP contribution in [0.3, 0.4) is 0 Å². The molecule has 3 aromatic heterocycles. The molecule has 0 unspecified atom stereocenters. The van der Waals surface area contributed by atoms with E-state index in [0.29, 0.717) is 17.4 Å². The molecule has 0 spiro atoms. The number of carbonyl (C=O) groups excluding carboxylic acids is 2. The molecule has 5 aromatic rings. The molecule has 0 aliphatic heterocycles. The summed E-state index contributed by atoms with van der Waals surface area (Å²) in [4.78, 5) is 35.3. The fraction of sp³-hybridized carbons (Fsp3) is 0.351. The Hall–Kier alpha value is -4.72. The Kier molecular flexibility index (Phi) is 7.30. The van der Waals surface area contributed by atoms with E-state index in [4.69, 9.17) is 14.7 Å². The van der Waals surface area contributed by atoms with Crippen LogP contribution in [0.1, 0.15) is 85.1 Å². The standard InChI is InChI=1S/C37H39N5O3/c1-23(43)13-14-24-15-18-30-29(21-24)39-36(42(30)3)37(19-8-20-37)40-35(44)26-16-17-27-31(22-26)41(2)34(33(27)25-9-5-6-10-25)28-11-7-12-32(38-28)45-4/h7,11-18,21-22,25H,5-6,8-10,19-20H2,1-4H3,(H,40,44)/b14-13+. The van der Waals surface area contributed by atoms with Crippen LogP contribution in [-0.2, 0) is 24.4 Å². The lowest BCUT2D eigenvalue weighted by Crippen LogP contribution is -2.52. The highest BCUT2D eigenvalue weighted by atomic mass is 16.5. The number of hydrogen-bond acceptors (Lipinski definition) is 5. The number of aromatic nitrogens is 4. The number of ether oxygens (including phenoxy) is 1. The lowest BCUT2D eigenvalue weighted by Gasteiger charge is -2.41. The second-order valence-corrected chi connectivity index (χ2v) is 12.7. The highest BCUT2D eigenvalue weighted by Crippen LogP contribution is 2.45. The average Bonchev–Trinajstić information content (AvgIpc) is 3.74. The molecule has 0 bridgehead atoms. The number of hydrogen-bond donors (Lipinski definition) is 1. The van der Waals surface area contributed by atoms with Gasteiger partial charge in [0.1, 0.15) is 5.82 Å². The van der Waals surface area contributed by atoms with Crippen LogP contribution in [0.4, 0.5) is 0 Å². The number of methoxy groups -OCH3 is 1. The second kappa shape index (κ2) is 11.3. The zero-order valence-corrected chi connectivity index (χ0v) is 26.4. The summed E-state index contributed by atoms with van der Waals surface area (Å²) >= 11 is 0. The van der Waals surface area contributed by atoms with Gasteiger partial charge in [-0.15, -0.1) is 0 Å². The van der Waals surface area contributed by atoms with Crippen LogP contribution in [0.15, 0.2) is 60.7 Å². The number of pyridine rings is 1. The van der Waals surface area contributed by atoms with Gasteiger partial charge in [-0.25, -0.2) is 9.97 Å². The smallest absolute Gasteiger partial charge is 0.252 e. The number of benzene rings is 2. The van der Waals surface area contributed by atoms with E-state index in [0.717, 1.165) is 71.4 Å². The Balaban J connectivity index is 1.25. The van der Waals surface area contributed by atoms with Crippen molar-refractivity contribution in [3.63, 3.8) is 0 Å². The Morgan fingerprint density at radius 2 is 1.76 bits per heavy atom. The van der Waals surface area contributed by atoms with Gasteiger partial charge in [0.05, 0.1) is 35.1 Å². The van der Waals surface area contributed by atoms with E-state index < -0.39 is 5.54 Å². The Morgan fingerprint density at radius 1 is 0.956 bits per heavy atom. The monoisotopic (exact) mass is 601 g/mol. The highest BCUT2D eigenvalue weighted by molar-refractivity contribution is 6.01. The zero-order chi connectivity index (χ0) is 31.3. The van der Waals surface area contributed by atoms with E-state index in [9.17, 15) is 9.59 Å². The summed E-state index contributed by atoms with van der Waals surface area (Å²) in [5.41, 5.74) is 7.20. The first-order chi connectivity index (χ1) is 21.8. The fourth-order valence-corrected chi connectivity index (χ4v) is 7.39. The highest BCUT2D eigenvalue weighted by Gasteiger charge is 2.44. The van der Waals surface area contributed by atoms with Gasteiger partial charge in [-0.3, -0.25) is 9.59 Å². The average molecular weight is 602 g/mol. The van der Waals surface area contributed by atoms with E-state index in [1.807, 2.05) is 61.7 Å². The molecule has 1 N–H and O–H groups in total. The number of ketones is 1. The van der Waals surface area contributed by atoms with Crippen LogP contribution >= 0.6 is 0 Å². The molecule has 230 valence electrons. The molecule has 2 aromatic carbocycles. The van der Waals surface area contributed by atoms with Gasteiger partial charge in [0, 0.05) is 36.6 Å². The first-order valence-electron chi connectivity index (χ1n) is 15.9. The number of amides is 1. The summed E-state index contributed by atoms with van der Waals surface area (Å²) in [5.74, 6) is 1.82. The maximum Gasteiger partial charge on any atom is 0.252 e. The molecular weight excluding hydrogens is 562 g/mol. The molecule has 0 atom stereocenters. The molecule has 0 radical (unpaired) electrons. The van der Waals surface area contributed by atoms with Crippen LogP contribution < -0.4 is 10.1 Å². The van der Waals surface area contributed by atoms with E-state index in [1.165, 1.54) is 30.7 Å². The minimum atomic E-state index is -0.534. The quantitative estimate of drug-likeness (QED) is 0.190.